The topological polar surface area (TPSA) is 64.7 Å². The summed E-state index contributed by atoms with van der Waals surface area (Å²) in [5, 5.41) is 5.81. The fourth-order valence-corrected chi connectivity index (χ4v) is 3.06. The van der Waals surface area contributed by atoms with Gasteiger partial charge in [-0.05, 0) is 66.7 Å². The van der Waals surface area contributed by atoms with Crippen LogP contribution in [0.25, 0.3) is 0 Å². The van der Waals surface area contributed by atoms with Gasteiger partial charge in [0.25, 0.3) is 0 Å². The first-order valence-corrected chi connectivity index (χ1v) is 11.9. The van der Waals surface area contributed by atoms with Gasteiger partial charge in [0.1, 0.15) is 0 Å². The summed E-state index contributed by atoms with van der Waals surface area (Å²) in [4.78, 5) is 27.1. The Balaban J connectivity index is 3.27. The highest BCUT2D eigenvalue weighted by atomic mass is 16.2. The molecule has 6 nitrogen and oxygen atoms in total. The van der Waals surface area contributed by atoms with E-state index >= 15 is 0 Å². The molecule has 0 aromatic carbocycles. The maximum atomic E-state index is 11.6. The average Bonchev–Trinajstić information content (AvgIpc) is 2.70. The molecule has 0 unspecified atom stereocenters. The highest BCUT2D eigenvalue weighted by molar-refractivity contribution is 5.76. The number of rotatable bonds is 20. The number of carbonyl (C=O) groups excluding carboxylic acids is 2. The maximum Gasteiger partial charge on any atom is 0.220 e. The molecule has 0 aliphatic carbocycles. The van der Waals surface area contributed by atoms with E-state index in [1.54, 1.807) is 0 Å². The van der Waals surface area contributed by atoms with Gasteiger partial charge in [-0.25, -0.2) is 0 Å². The van der Waals surface area contributed by atoms with Gasteiger partial charge >= 0.3 is 0 Å². The van der Waals surface area contributed by atoms with Crippen molar-refractivity contribution in [3.05, 3.63) is 12.2 Å². The van der Waals surface area contributed by atoms with E-state index in [1.165, 1.54) is 51.4 Å². The van der Waals surface area contributed by atoms with Gasteiger partial charge in [-0.3, -0.25) is 19.4 Å². The molecule has 0 spiro atoms. The van der Waals surface area contributed by atoms with Crippen LogP contribution in [0, 0.1) is 0 Å². The standard InChI is InChI=1S/C24H48N4O2/c1-27(2)21-25-23(29)19-17-15-13-11-9-7-5-6-8-10-12-14-16-18-20-24(30)26-22-28(3)4/h5-6H,7-22H2,1-4H3,(H,25,29)(H,26,30)/b6-5+. The molecule has 6 heteroatoms. The van der Waals surface area contributed by atoms with E-state index in [0.717, 1.165) is 25.7 Å². The zero-order valence-corrected chi connectivity index (χ0v) is 20.2. The molecule has 0 fully saturated rings. The van der Waals surface area contributed by atoms with Gasteiger partial charge in [-0.1, -0.05) is 50.7 Å². The molecule has 0 aromatic rings. The Bertz CT molecular complexity index is 410. The molecular weight excluding hydrogens is 376 g/mol. The second kappa shape index (κ2) is 20.9. The summed E-state index contributed by atoms with van der Waals surface area (Å²) in [6.07, 6.45) is 20.0. The van der Waals surface area contributed by atoms with Crippen LogP contribution in [0.3, 0.4) is 0 Å². The highest BCUT2D eigenvalue weighted by Gasteiger charge is 2.01. The van der Waals surface area contributed by atoms with Crippen molar-refractivity contribution in [3.63, 3.8) is 0 Å². The molecular formula is C24H48N4O2. The van der Waals surface area contributed by atoms with Gasteiger partial charge in [0, 0.05) is 12.8 Å². The maximum absolute atomic E-state index is 11.6. The molecule has 2 amide bonds. The van der Waals surface area contributed by atoms with E-state index in [4.69, 9.17) is 0 Å². The molecule has 0 atom stereocenters. The fraction of sp³-hybridized carbons (Fsp3) is 0.833. The van der Waals surface area contributed by atoms with Crippen LogP contribution in [0.15, 0.2) is 12.2 Å². The number of amides is 2. The van der Waals surface area contributed by atoms with Crippen molar-refractivity contribution < 1.29 is 9.59 Å². The Morgan fingerprint density at radius 2 is 0.900 bits per heavy atom. The number of hydrogen-bond donors (Lipinski definition) is 2. The molecule has 0 aromatic heterocycles. The van der Waals surface area contributed by atoms with Gasteiger partial charge in [0.2, 0.25) is 11.8 Å². The van der Waals surface area contributed by atoms with Crippen molar-refractivity contribution in [2.75, 3.05) is 41.5 Å². The lowest BCUT2D eigenvalue weighted by molar-refractivity contribution is -0.122. The lowest BCUT2D eigenvalue weighted by Crippen LogP contribution is -2.32. The molecule has 0 heterocycles. The summed E-state index contributed by atoms with van der Waals surface area (Å²) < 4.78 is 0. The Kier molecular flexibility index (Phi) is 19.9. The molecule has 0 saturated carbocycles. The van der Waals surface area contributed by atoms with E-state index in [-0.39, 0.29) is 11.8 Å². The highest BCUT2D eigenvalue weighted by Crippen LogP contribution is 2.10. The van der Waals surface area contributed by atoms with Crippen LogP contribution in [0.2, 0.25) is 0 Å². The van der Waals surface area contributed by atoms with Crippen LogP contribution in [0.1, 0.15) is 89.9 Å². The summed E-state index contributed by atoms with van der Waals surface area (Å²) in [6, 6.07) is 0. The zero-order valence-electron chi connectivity index (χ0n) is 20.2. The van der Waals surface area contributed by atoms with Crippen molar-refractivity contribution in [2.45, 2.75) is 89.9 Å². The molecule has 0 rings (SSSR count). The summed E-state index contributed by atoms with van der Waals surface area (Å²) in [7, 11) is 7.81. The minimum Gasteiger partial charge on any atom is -0.343 e. The van der Waals surface area contributed by atoms with Crippen molar-refractivity contribution in [2.24, 2.45) is 0 Å². The van der Waals surface area contributed by atoms with Gasteiger partial charge in [-0.2, -0.15) is 0 Å². The first-order chi connectivity index (χ1) is 14.4. The van der Waals surface area contributed by atoms with E-state index in [0.29, 0.717) is 26.2 Å². The van der Waals surface area contributed by atoms with Gasteiger partial charge in [-0.15, -0.1) is 0 Å². The second-order valence-corrected chi connectivity index (χ2v) is 8.76. The molecule has 2 N–H and O–H groups in total. The third-order valence-electron chi connectivity index (χ3n) is 4.90. The minimum absolute atomic E-state index is 0.164. The predicted octanol–water partition coefficient (Wildman–Crippen LogP) is 4.27. The molecule has 0 aliphatic rings. The first kappa shape index (κ1) is 28.6. The van der Waals surface area contributed by atoms with Crippen LogP contribution < -0.4 is 10.6 Å². The number of nitrogens with one attached hydrogen (secondary N) is 2. The van der Waals surface area contributed by atoms with Crippen molar-refractivity contribution >= 4 is 11.8 Å². The monoisotopic (exact) mass is 424 g/mol. The Labute approximate surface area is 185 Å². The minimum atomic E-state index is 0.164. The van der Waals surface area contributed by atoms with E-state index in [2.05, 4.69) is 22.8 Å². The predicted molar refractivity (Wildman–Crippen MR) is 127 cm³/mol. The van der Waals surface area contributed by atoms with E-state index in [1.807, 2.05) is 38.0 Å². The summed E-state index contributed by atoms with van der Waals surface area (Å²) in [5.74, 6) is 0.328. The average molecular weight is 425 g/mol. The quantitative estimate of drug-likeness (QED) is 0.174. The first-order valence-electron chi connectivity index (χ1n) is 11.9. The second-order valence-electron chi connectivity index (χ2n) is 8.76. The van der Waals surface area contributed by atoms with E-state index < -0.39 is 0 Å². The molecule has 176 valence electrons. The van der Waals surface area contributed by atoms with E-state index in [9.17, 15) is 9.59 Å². The van der Waals surface area contributed by atoms with Crippen LogP contribution in [0.5, 0.6) is 0 Å². The molecule has 0 bridgehead atoms. The summed E-state index contributed by atoms with van der Waals surface area (Å²) in [5.41, 5.74) is 0. The van der Waals surface area contributed by atoms with Crippen LogP contribution >= 0.6 is 0 Å². The number of allylic oxidation sites excluding steroid dienone is 2. The van der Waals surface area contributed by atoms with Crippen LogP contribution in [-0.4, -0.2) is 63.1 Å². The molecule has 0 radical (unpaired) electrons. The van der Waals surface area contributed by atoms with Gasteiger partial charge < -0.3 is 10.6 Å². The van der Waals surface area contributed by atoms with Gasteiger partial charge in [0.05, 0.1) is 13.3 Å². The number of carbonyl (C=O) groups is 2. The third-order valence-corrected chi connectivity index (χ3v) is 4.90. The number of unbranched alkanes of at least 4 members (excludes halogenated alkanes) is 10. The Morgan fingerprint density at radius 1 is 0.567 bits per heavy atom. The normalized spacial score (nSPS) is 11.5. The molecule has 0 aliphatic heterocycles. The van der Waals surface area contributed by atoms with Crippen LogP contribution in [0.4, 0.5) is 0 Å². The van der Waals surface area contributed by atoms with Crippen molar-refractivity contribution in [1.82, 2.24) is 20.4 Å². The van der Waals surface area contributed by atoms with Crippen LogP contribution in [-0.2, 0) is 9.59 Å². The molecule has 0 saturated heterocycles. The Morgan fingerprint density at radius 3 is 1.27 bits per heavy atom. The smallest absolute Gasteiger partial charge is 0.220 e. The Hall–Kier alpha value is -1.40. The summed E-state index contributed by atoms with van der Waals surface area (Å²) in [6.45, 7) is 1.25. The largest absolute Gasteiger partial charge is 0.343 e. The van der Waals surface area contributed by atoms with Gasteiger partial charge in [0.15, 0.2) is 0 Å². The lowest BCUT2D eigenvalue weighted by Gasteiger charge is -2.10. The summed E-state index contributed by atoms with van der Waals surface area (Å²) >= 11 is 0. The number of hydrogen-bond acceptors (Lipinski definition) is 4. The third kappa shape index (κ3) is 22.9. The lowest BCUT2D eigenvalue weighted by atomic mass is 10.1. The SMILES string of the molecule is CN(C)CNC(=O)CCCCCCC/C=C/CCCCCCCC(=O)NCN(C)C. The fourth-order valence-electron chi connectivity index (χ4n) is 3.06. The molecule has 30 heavy (non-hydrogen) atoms. The van der Waals surface area contributed by atoms with Crippen molar-refractivity contribution in [1.29, 1.82) is 0 Å². The zero-order chi connectivity index (χ0) is 22.5. The van der Waals surface area contributed by atoms with Crippen molar-refractivity contribution in [3.8, 4) is 0 Å². The number of nitrogens with zero attached hydrogens (tertiary/aromatic N) is 2.